The molecule has 1 heterocycles. The van der Waals surface area contributed by atoms with Crippen molar-refractivity contribution in [2.24, 2.45) is 0 Å². The summed E-state index contributed by atoms with van der Waals surface area (Å²) in [5.41, 5.74) is 5.46. The Bertz CT molecular complexity index is 516. The summed E-state index contributed by atoms with van der Waals surface area (Å²) < 4.78 is 37.8. The van der Waals surface area contributed by atoms with E-state index < -0.39 is 11.7 Å². The Morgan fingerprint density at radius 2 is 2.15 bits per heavy atom. The van der Waals surface area contributed by atoms with Crippen LogP contribution in [-0.2, 0) is 11.0 Å². The van der Waals surface area contributed by atoms with Gasteiger partial charge < -0.3 is 16.0 Å². The summed E-state index contributed by atoms with van der Waals surface area (Å²) in [4.78, 5) is 13.5. The van der Waals surface area contributed by atoms with Gasteiger partial charge in [-0.15, -0.1) is 0 Å². The zero-order valence-electron chi connectivity index (χ0n) is 11.0. The molecule has 4 nitrogen and oxygen atoms in total. The fourth-order valence-electron chi connectivity index (χ4n) is 2.49. The van der Waals surface area contributed by atoms with E-state index in [1.54, 1.807) is 4.90 Å². The Morgan fingerprint density at radius 1 is 1.45 bits per heavy atom. The van der Waals surface area contributed by atoms with Gasteiger partial charge >= 0.3 is 6.18 Å². The molecule has 0 radical (unpaired) electrons. The van der Waals surface area contributed by atoms with Crippen LogP contribution in [0.15, 0.2) is 18.2 Å². The lowest BCUT2D eigenvalue weighted by atomic mass is 10.1. The van der Waals surface area contributed by atoms with Crippen LogP contribution in [0, 0.1) is 0 Å². The Kier molecular flexibility index (Phi) is 3.78. The third-order valence-electron chi connectivity index (χ3n) is 3.47. The van der Waals surface area contributed by atoms with Crippen LogP contribution in [0.3, 0.4) is 0 Å². The minimum Gasteiger partial charge on any atom is -0.397 e. The quantitative estimate of drug-likeness (QED) is 0.818. The second-order valence-corrected chi connectivity index (χ2v) is 4.74. The molecule has 0 bridgehead atoms. The van der Waals surface area contributed by atoms with Gasteiger partial charge in [0.15, 0.2) is 0 Å². The van der Waals surface area contributed by atoms with E-state index in [4.69, 9.17) is 5.73 Å². The molecule has 1 aromatic rings. The number of nitrogens with two attached hydrogens (primary N) is 1. The number of anilines is 2. The topological polar surface area (TPSA) is 58.4 Å². The molecule has 1 fully saturated rings. The van der Waals surface area contributed by atoms with Crippen LogP contribution in [0.2, 0.25) is 0 Å². The van der Waals surface area contributed by atoms with Crippen LogP contribution in [0.4, 0.5) is 24.5 Å². The number of carbonyl (C=O) groups excluding carboxylic acids is 1. The first-order chi connectivity index (χ1) is 9.34. The van der Waals surface area contributed by atoms with Gasteiger partial charge in [-0.3, -0.25) is 4.79 Å². The summed E-state index contributed by atoms with van der Waals surface area (Å²) in [7, 11) is 1.54. The minimum atomic E-state index is -4.42. The molecule has 1 aliphatic heterocycles. The molecule has 1 aliphatic rings. The number of hydrogen-bond donors (Lipinski definition) is 2. The number of alkyl halides is 3. The van der Waals surface area contributed by atoms with E-state index in [1.807, 2.05) is 0 Å². The number of nitrogens with one attached hydrogen (secondary N) is 1. The molecule has 7 heteroatoms. The number of nitrogens with zero attached hydrogens (tertiary/aromatic N) is 1. The summed E-state index contributed by atoms with van der Waals surface area (Å²) in [6.07, 6.45) is -2.95. The van der Waals surface area contributed by atoms with E-state index in [9.17, 15) is 18.0 Å². The second kappa shape index (κ2) is 5.22. The van der Waals surface area contributed by atoms with Gasteiger partial charge in [-0.25, -0.2) is 0 Å². The number of halogens is 3. The fraction of sp³-hybridized carbons (Fsp3) is 0.462. The van der Waals surface area contributed by atoms with Gasteiger partial charge in [0.05, 0.1) is 16.9 Å². The molecule has 2 rings (SSSR count). The van der Waals surface area contributed by atoms with Gasteiger partial charge in [-0.05, 0) is 31.0 Å². The summed E-state index contributed by atoms with van der Waals surface area (Å²) in [5.74, 6) is -0.151. The molecule has 1 saturated heterocycles. The van der Waals surface area contributed by atoms with Gasteiger partial charge in [-0.2, -0.15) is 13.2 Å². The van der Waals surface area contributed by atoms with Crippen LogP contribution in [0.5, 0.6) is 0 Å². The van der Waals surface area contributed by atoms with Crippen molar-refractivity contribution in [2.45, 2.75) is 25.1 Å². The molecule has 0 aromatic heterocycles. The highest BCUT2D eigenvalue weighted by molar-refractivity contribution is 5.87. The largest absolute Gasteiger partial charge is 0.416 e. The molecule has 1 amide bonds. The number of carbonyl (C=O) groups is 1. The predicted octanol–water partition coefficient (Wildman–Crippen LogP) is 2.00. The van der Waals surface area contributed by atoms with Crippen molar-refractivity contribution in [3.05, 3.63) is 23.8 Å². The van der Waals surface area contributed by atoms with Crippen molar-refractivity contribution < 1.29 is 18.0 Å². The van der Waals surface area contributed by atoms with Crippen LogP contribution in [0.25, 0.3) is 0 Å². The molecule has 1 aromatic carbocycles. The third kappa shape index (κ3) is 2.66. The second-order valence-electron chi connectivity index (χ2n) is 4.74. The highest BCUT2D eigenvalue weighted by Crippen LogP contribution is 2.36. The highest BCUT2D eigenvalue weighted by atomic mass is 19.4. The zero-order chi connectivity index (χ0) is 14.9. The van der Waals surface area contributed by atoms with Gasteiger partial charge in [0.1, 0.15) is 6.04 Å². The predicted molar refractivity (Wildman–Crippen MR) is 70.3 cm³/mol. The number of likely N-dealkylation sites (N-methyl/N-ethyl adjacent to an activating group) is 1. The number of hydrogen-bond acceptors (Lipinski definition) is 3. The summed E-state index contributed by atoms with van der Waals surface area (Å²) in [5, 5.41) is 2.56. The van der Waals surface area contributed by atoms with Crippen molar-refractivity contribution in [1.29, 1.82) is 0 Å². The number of benzene rings is 1. The first-order valence-corrected chi connectivity index (χ1v) is 6.29. The number of rotatable bonds is 2. The SMILES string of the molecule is CNC(=O)C1CCCN1c1ccc(C(F)(F)F)cc1N. The first kappa shape index (κ1) is 14.5. The van der Waals surface area contributed by atoms with Crippen molar-refractivity contribution in [1.82, 2.24) is 5.32 Å². The standard InChI is InChI=1S/C13H16F3N3O/c1-18-12(20)11-3-2-6-19(11)10-5-4-8(7-9(10)17)13(14,15)16/h4-5,7,11H,2-3,6,17H2,1H3,(H,18,20). The van der Waals surface area contributed by atoms with E-state index in [2.05, 4.69) is 5.32 Å². The molecular formula is C13H16F3N3O. The molecule has 1 unspecified atom stereocenters. The average Bonchev–Trinajstić information content (AvgIpc) is 2.85. The maximum Gasteiger partial charge on any atom is 0.416 e. The molecule has 0 aliphatic carbocycles. The van der Waals surface area contributed by atoms with E-state index in [-0.39, 0.29) is 17.6 Å². The Balaban J connectivity index is 2.31. The first-order valence-electron chi connectivity index (χ1n) is 6.29. The van der Waals surface area contributed by atoms with E-state index >= 15 is 0 Å². The Hall–Kier alpha value is -1.92. The molecule has 3 N–H and O–H groups in total. The van der Waals surface area contributed by atoms with Gasteiger partial charge in [-0.1, -0.05) is 0 Å². The average molecular weight is 287 g/mol. The smallest absolute Gasteiger partial charge is 0.397 e. The molecule has 1 atom stereocenters. The van der Waals surface area contributed by atoms with E-state index in [0.29, 0.717) is 18.7 Å². The lowest BCUT2D eigenvalue weighted by Crippen LogP contribution is -2.42. The summed E-state index contributed by atoms with van der Waals surface area (Å²) in [6, 6.07) is 2.86. The van der Waals surface area contributed by atoms with Crippen LogP contribution >= 0.6 is 0 Å². The molecule has 110 valence electrons. The highest BCUT2D eigenvalue weighted by Gasteiger charge is 2.34. The van der Waals surface area contributed by atoms with Gasteiger partial charge in [0.25, 0.3) is 0 Å². The van der Waals surface area contributed by atoms with Crippen LogP contribution in [0.1, 0.15) is 18.4 Å². The number of amides is 1. The zero-order valence-corrected chi connectivity index (χ0v) is 11.0. The van der Waals surface area contributed by atoms with Crippen molar-refractivity contribution in [3.63, 3.8) is 0 Å². The van der Waals surface area contributed by atoms with Crippen LogP contribution < -0.4 is 16.0 Å². The van der Waals surface area contributed by atoms with Crippen molar-refractivity contribution in [3.8, 4) is 0 Å². The van der Waals surface area contributed by atoms with E-state index in [0.717, 1.165) is 18.6 Å². The maximum absolute atomic E-state index is 12.6. The van der Waals surface area contributed by atoms with Gasteiger partial charge in [0, 0.05) is 13.6 Å². The van der Waals surface area contributed by atoms with Crippen molar-refractivity contribution >= 4 is 17.3 Å². The third-order valence-corrected chi connectivity index (χ3v) is 3.47. The Morgan fingerprint density at radius 3 is 2.70 bits per heavy atom. The maximum atomic E-state index is 12.6. The lowest BCUT2D eigenvalue weighted by molar-refractivity contribution is -0.137. The molecular weight excluding hydrogens is 271 g/mol. The number of nitrogen functional groups attached to an aromatic ring is 1. The van der Waals surface area contributed by atoms with Gasteiger partial charge in [0.2, 0.25) is 5.91 Å². The normalized spacial score (nSPS) is 19.2. The van der Waals surface area contributed by atoms with Crippen molar-refractivity contribution in [2.75, 3.05) is 24.2 Å². The minimum absolute atomic E-state index is 0.0376. The Labute approximate surface area is 114 Å². The fourth-order valence-corrected chi connectivity index (χ4v) is 2.49. The molecule has 0 saturated carbocycles. The summed E-state index contributed by atoms with van der Waals surface area (Å²) >= 11 is 0. The van der Waals surface area contributed by atoms with E-state index in [1.165, 1.54) is 13.1 Å². The molecule has 20 heavy (non-hydrogen) atoms. The summed E-state index contributed by atoms with van der Waals surface area (Å²) in [6.45, 7) is 0.605. The van der Waals surface area contributed by atoms with Crippen LogP contribution in [-0.4, -0.2) is 25.5 Å². The molecule has 0 spiro atoms. The lowest BCUT2D eigenvalue weighted by Gasteiger charge is -2.27. The monoisotopic (exact) mass is 287 g/mol.